The minimum Gasteiger partial charge on any atom is -0.481 e. The number of hydrogen-bond acceptors (Lipinski definition) is 5. The number of rotatable bonds is 6. The molecule has 1 heterocycles. The first kappa shape index (κ1) is 22.9. The van der Waals surface area contributed by atoms with Crippen molar-refractivity contribution in [2.45, 2.75) is 66.2 Å². The standard InChI is InChI=1S/C16H28O4.C4H2O3/c1-11(2)9-15(13(17)18)7-5-6-8-16(15,14(19)20)10-12(3)4;5-3-1-2-4(6)7-3/h11-12H,5-10H2,1-4H3,(H,17,18)(H,19,20);1-2H. The van der Waals surface area contributed by atoms with E-state index in [1.807, 2.05) is 27.7 Å². The number of hydrogen-bond donors (Lipinski definition) is 2. The van der Waals surface area contributed by atoms with Crippen molar-refractivity contribution in [3.63, 3.8) is 0 Å². The summed E-state index contributed by atoms with van der Waals surface area (Å²) in [6.45, 7) is 7.89. The second-order valence-corrected chi connectivity index (χ2v) is 8.25. The number of cyclic esters (lactones) is 2. The molecule has 0 aromatic carbocycles. The van der Waals surface area contributed by atoms with Gasteiger partial charge in [0.2, 0.25) is 0 Å². The molecule has 1 aliphatic carbocycles. The maximum atomic E-state index is 12.1. The zero-order valence-electron chi connectivity index (χ0n) is 16.5. The molecule has 0 spiro atoms. The van der Waals surface area contributed by atoms with Crippen molar-refractivity contribution < 1.29 is 34.1 Å². The van der Waals surface area contributed by atoms with E-state index in [2.05, 4.69) is 4.74 Å². The van der Waals surface area contributed by atoms with Crippen molar-refractivity contribution in [3.05, 3.63) is 12.2 Å². The topological polar surface area (TPSA) is 118 Å². The first-order valence-electron chi connectivity index (χ1n) is 9.37. The van der Waals surface area contributed by atoms with Crippen LogP contribution in [0.5, 0.6) is 0 Å². The fraction of sp³-hybridized carbons (Fsp3) is 0.700. The van der Waals surface area contributed by atoms with Crippen LogP contribution < -0.4 is 0 Å². The molecule has 7 heteroatoms. The molecule has 1 aliphatic heterocycles. The highest BCUT2D eigenvalue weighted by Gasteiger charge is 2.61. The van der Waals surface area contributed by atoms with Gasteiger partial charge < -0.3 is 14.9 Å². The number of aliphatic carboxylic acids is 2. The minimum absolute atomic E-state index is 0.176. The van der Waals surface area contributed by atoms with Gasteiger partial charge in [-0.1, -0.05) is 40.5 Å². The van der Waals surface area contributed by atoms with Crippen LogP contribution in [-0.2, 0) is 23.9 Å². The second kappa shape index (κ2) is 9.15. The predicted octanol–water partition coefficient (Wildman–Crippen LogP) is 3.42. The van der Waals surface area contributed by atoms with Crippen LogP contribution in [0.25, 0.3) is 0 Å². The highest BCUT2D eigenvalue weighted by atomic mass is 16.6. The fourth-order valence-electron chi connectivity index (χ4n) is 4.42. The van der Waals surface area contributed by atoms with Crippen LogP contribution in [0.15, 0.2) is 12.2 Å². The van der Waals surface area contributed by atoms with Crippen LogP contribution in [0.1, 0.15) is 66.2 Å². The highest BCUT2D eigenvalue weighted by Crippen LogP contribution is 2.57. The van der Waals surface area contributed by atoms with Gasteiger partial charge in [0.05, 0.1) is 10.8 Å². The summed E-state index contributed by atoms with van der Waals surface area (Å²) < 4.78 is 3.97. The fourth-order valence-corrected chi connectivity index (χ4v) is 4.42. The molecule has 2 aliphatic rings. The molecule has 0 saturated heterocycles. The Morgan fingerprint density at radius 1 is 0.889 bits per heavy atom. The average Bonchev–Trinajstić information content (AvgIpc) is 2.91. The van der Waals surface area contributed by atoms with Gasteiger partial charge in [0.1, 0.15) is 0 Å². The van der Waals surface area contributed by atoms with Gasteiger partial charge in [-0.25, -0.2) is 9.59 Å². The Morgan fingerprint density at radius 2 is 1.22 bits per heavy atom. The number of esters is 2. The van der Waals surface area contributed by atoms with E-state index in [0.29, 0.717) is 25.7 Å². The molecule has 1 fully saturated rings. The highest BCUT2D eigenvalue weighted by molar-refractivity contribution is 6.04. The summed E-state index contributed by atoms with van der Waals surface area (Å²) in [5.41, 5.74) is -2.23. The lowest BCUT2D eigenvalue weighted by atomic mass is 9.51. The maximum absolute atomic E-state index is 12.1. The first-order valence-corrected chi connectivity index (χ1v) is 9.37. The van der Waals surface area contributed by atoms with Crippen molar-refractivity contribution in [3.8, 4) is 0 Å². The van der Waals surface area contributed by atoms with Crippen LogP contribution in [0, 0.1) is 22.7 Å². The first-order chi connectivity index (χ1) is 12.5. The Hall–Kier alpha value is -2.18. The van der Waals surface area contributed by atoms with Crippen molar-refractivity contribution >= 4 is 23.9 Å². The van der Waals surface area contributed by atoms with Crippen LogP contribution in [-0.4, -0.2) is 34.1 Å². The van der Waals surface area contributed by atoms with Crippen LogP contribution in [0.2, 0.25) is 0 Å². The van der Waals surface area contributed by atoms with E-state index in [9.17, 15) is 29.4 Å². The maximum Gasteiger partial charge on any atom is 0.338 e. The normalized spacial score (nSPS) is 27.3. The second-order valence-electron chi connectivity index (χ2n) is 8.25. The van der Waals surface area contributed by atoms with Gasteiger partial charge in [-0.05, 0) is 37.5 Å². The SMILES string of the molecule is CC(C)CC1(C(=O)O)CCCCC1(CC(C)C)C(=O)O.O=C1C=CC(=O)O1. The number of carboxylic acid groups (broad SMARTS) is 2. The third-order valence-electron chi connectivity index (χ3n) is 5.26. The summed E-state index contributed by atoms with van der Waals surface area (Å²) in [4.78, 5) is 43.9. The molecule has 1 saturated carbocycles. The van der Waals surface area contributed by atoms with Gasteiger partial charge in [0.15, 0.2) is 0 Å². The van der Waals surface area contributed by atoms with Gasteiger partial charge in [0.25, 0.3) is 0 Å². The largest absolute Gasteiger partial charge is 0.481 e. The Bertz CT molecular complexity index is 568. The molecule has 7 nitrogen and oxygen atoms in total. The molecular formula is C20H30O7. The van der Waals surface area contributed by atoms with Crippen LogP contribution in [0.3, 0.4) is 0 Å². The van der Waals surface area contributed by atoms with Gasteiger partial charge in [-0.3, -0.25) is 9.59 Å². The van der Waals surface area contributed by atoms with Crippen LogP contribution >= 0.6 is 0 Å². The lowest BCUT2D eigenvalue weighted by Gasteiger charge is -2.50. The molecule has 152 valence electrons. The number of carbonyl (C=O) groups excluding carboxylic acids is 2. The van der Waals surface area contributed by atoms with E-state index in [1.165, 1.54) is 0 Å². The molecule has 27 heavy (non-hydrogen) atoms. The summed E-state index contributed by atoms with van der Waals surface area (Å²) in [5, 5.41) is 19.7. The Balaban J connectivity index is 0.000000433. The van der Waals surface area contributed by atoms with Crippen molar-refractivity contribution in [2.24, 2.45) is 22.7 Å². The monoisotopic (exact) mass is 382 g/mol. The molecule has 0 aromatic rings. The Kier molecular flexibility index (Phi) is 7.75. The summed E-state index contributed by atoms with van der Waals surface area (Å²) in [7, 11) is 0. The zero-order valence-corrected chi connectivity index (χ0v) is 16.5. The van der Waals surface area contributed by atoms with Crippen LogP contribution in [0.4, 0.5) is 0 Å². The molecule has 2 atom stereocenters. The van der Waals surface area contributed by atoms with Crippen molar-refractivity contribution in [2.75, 3.05) is 0 Å². The molecule has 0 aromatic heterocycles. The molecule has 2 unspecified atom stereocenters. The minimum atomic E-state index is -1.12. The van der Waals surface area contributed by atoms with E-state index in [0.717, 1.165) is 25.0 Å². The third kappa shape index (κ3) is 5.17. The lowest BCUT2D eigenvalue weighted by molar-refractivity contribution is -0.184. The van der Waals surface area contributed by atoms with Crippen molar-refractivity contribution in [1.29, 1.82) is 0 Å². The Morgan fingerprint density at radius 3 is 1.41 bits per heavy atom. The molecular weight excluding hydrogens is 352 g/mol. The predicted molar refractivity (Wildman–Crippen MR) is 97.8 cm³/mol. The number of carboxylic acids is 2. The average molecular weight is 382 g/mol. The summed E-state index contributed by atoms with van der Waals surface area (Å²) in [6, 6.07) is 0. The van der Waals surface area contributed by atoms with Gasteiger partial charge in [0, 0.05) is 12.2 Å². The van der Waals surface area contributed by atoms with E-state index in [4.69, 9.17) is 0 Å². The lowest BCUT2D eigenvalue weighted by Crippen LogP contribution is -2.55. The van der Waals surface area contributed by atoms with E-state index < -0.39 is 34.7 Å². The zero-order chi connectivity index (χ0) is 20.8. The molecule has 0 radical (unpaired) electrons. The summed E-state index contributed by atoms with van der Waals surface area (Å²) in [5.74, 6) is -2.65. The number of ether oxygens (including phenoxy) is 1. The smallest absolute Gasteiger partial charge is 0.338 e. The van der Waals surface area contributed by atoms with Gasteiger partial charge in [-0.2, -0.15) is 0 Å². The van der Waals surface area contributed by atoms with Gasteiger partial charge >= 0.3 is 23.9 Å². The quantitative estimate of drug-likeness (QED) is 0.534. The number of carbonyl (C=O) groups is 4. The molecule has 2 rings (SSSR count). The van der Waals surface area contributed by atoms with Gasteiger partial charge in [-0.15, -0.1) is 0 Å². The van der Waals surface area contributed by atoms with E-state index in [-0.39, 0.29) is 11.8 Å². The van der Waals surface area contributed by atoms with Crippen molar-refractivity contribution in [1.82, 2.24) is 0 Å². The molecule has 0 bridgehead atoms. The summed E-state index contributed by atoms with van der Waals surface area (Å²) >= 11 is 0. The van der Waals surface area contributed by atoms with E-state index >= 15 is 0 Å². The Labute approximate surface area is 159 Å². The molecule has 2 N–H and O–H groups in total. The van der Waals surface area contributed by atoms with E-state index in [1.54, 1.807) is 0 Å². The third-order valence-corrected chi connectivity index (χ3v) is 5.26. The molecule has 0 amide bonds. The summed E-state index contributed by atoms with van der Waals surface area (Å²) in [6.07, 6.45) is 5.66.